The van der Waals surface area contributed by atoms with Crippen LogP contribution in [0.1, 0.15) is 12.0 Å². The summed E-state index contributed by atoms with van der Waals surface area (Å²) < 4.78 is 1.96. The third kappa shape index (κ3) is 4.16. The number of benzene rings is 2. The maximum absolute atomic E-state index is 13.7. The highest BCUT2D eigenvalue weighted by Crippen LogP contribution is 2.34. The molecule has 0 spiro atoms. The smallest absolute Gasteiger partial charge is 0.234 e. The molecular weight excluding hydrogens is 488 g/mol. The van der Waals surface area contributed by atoms with E-state index in [0.29, 0.717) is 18.2 Å². The number of fused-ring (bicyclic) bond motifs is 1. The van der Waals surface area contributed by atoms with Crippen LogP contribution < -0.4 is 9.80 Å². The lowest BCUT2D eigenvalue weighted by atomic mass is 10.1. The van der Waals surface area contributed by atoms with Gasteiger partial charge < -0.3 is 4.90 Å². The Bertz CT molecular complexity index is 1280. The van der Waals surface area contributed by atoms with Gasteiger partial charge in [0.2, 0.25) is 11.8 Å². The second-order valence-electron chi connectivity index (χ2n) is 7.64. The summed E-state index contributed by atoms with van der Waals surface area (Å²) in [5.41, 5.74) is 2.56. The van der Waals surface area contributed by atoms with Gasteiger partial charge in [-0.05, 0) is 42.0 Å². The summed E-state index contributed by atoms with van der Waals surface area (Å²) in [7, 11) is 0. The monoisotopic (exact) mass is 506 g/mol. The van der Waals surface area contributed by atoms with Crippen LogP contribution in [0.25, 0.3) is 10.2 Å². The van der Waals surface area contributed by atoms with Crippen LogP contribution in [0.2, 0.25) is 0 Å². The molecule has 1 saturated heterocycles. The SMILES string of the molecule is O=C1CC(C(=O)N(Cc2cccnc2)c2nc3ccc(Br)cc3s2)CN1c1ccccc1. The van der Waals surface area contributed by atoms with Crippen LogP contribution in [0.4, 0.5) is 10.8 Å². The van der Waals surface area contributed by atoms with Crippen LogP contribution in [-0.2, 0) is 16.1 Å². The van der Waals surface area contributed by atoms with E-state index in [0.717, 1.165) is 25.9 Å². The van der Waals surface area contributed by atoms with Crippen LogP contribution in [-0.4, -0.2) is 28.3 Å². The van der Waals surface area contributed by atoms with Crippen LogP contribution >= 0.6 is 27.3 Å². The fourth-order valence-corrected chi connectivity index (χ4v) is 5.39. The molecule has 0 bridgehead atoms. The van der Waals surface area contributed by atoms with Gasteiger partial charge in [0.1, 0.15) is 0 Å². The molecule has 32 heavy (non-hydrogen) atoms. The molecule has 1 aliphatic heterocycles. The number of hydrogen-bond donors (Lipinski definition) is 0. The Balaban J connectivity index is 1.47. The van der Waals surface area contributed by atoms with E-state index < -0.39 is 5.92 Å². The maximum Gasteiger partial charge on any atom is 0.234 e. The van der Waals surface area contributed by atoms with Crippen molar-refractivity contribution in [2.24, 2.45) is 5.92 Å². The lowest BCUT2D eigenvalue weighted by molar-refractivity contribution is -0.124. The second kappa shape index (κ2) is 8.80. The van der Waals surface area contributed by atoms with E-state index in [1.54, 1.807) is 22.2 Å². The van der Waals surface area contributed by atoms with Crippen molar-refractivity contribution < 1.29 is 9.59 Å². The predicted octanol–water partition coefficient (Wildman–Crippen LogP) is 5.04. The summed E-state index contributed by atoms with van der Waals surface area (Å²) in [6.45, 7) is 0.714. The minimum atomic E-state index is -0.432. The Kier molecular flexibility index (Phi) is 5.71. The van der Waals surface area contributed by atoms with Gasteiger partial charge in [-0.1, -0.05) is 51.5 Å². The fourth-order valence-electron chi connectivity index (χ4n) is 3.87. The number of para-hydroxylation sites is 1. The highest BCUT2D eigenvalue weighted by atomic mass is 79.9. The van der Waals surface area contributed by atoms with Gasteiger partial charge in [-0.2, -0.15) is 0 Å². The molecule has 5 rings (SSSR count). The normalized spacial score (nSPS) is 16.0. The van der Waals surface area contributed by atoms with E-state index in [4.69, 9.17) is 4.98 Å². The quantitative estimate of drug-likeness (QED) is 0.380. The third-order valence-electron chi connectivity index (χ3n) is 5.44. The summed E-state index contributed by atoms with van der Waals surface area (Å²) in [5, 5.41) is 0.623. The Labute approximate surface area is 197 Å². The first-order chi connectivity index (χ1) is 15.6. The maximum atomic E-state index is 13.7. The molecule has 3 heterocycles. The molecule has 2 aromatic carbocycles. The number of halogens is 1. The van der Waals surface area contributed by atoms with Crippen molar-refractivity contribution in [3.63, 3.8) is 0 Å². The molecular formula is C24H19BrN4O2S. The minimum absolute atomic E-state index is 0.0379. The van der Waals surface area contributed by atoms with E-state index in [2.05, 4.69) is 20.9 Å². The second-order valence-corrected chi connectivity index (χ2v) is 9.56. The number of rotatable bonds is 5. The topological polar surface area (TPSA) is 66.4 Å². The van der Waals surface area contributed by atoms with Crippen molar-refractivity contribution in [1.29, 1.82) is 0 Å². The van der Waals surface area contributed by atoms with Crippen LogP contribution in [0.5, 0.6) is 0 Å². The number of hydrogen-bond acceptors (Lipinski definition) is 5. The lowest BCUT2D eigenvalue weighted by Crippen LogP contribution is -2.37. The van der Waals surface area contributed by atoms with E-state index >= 15 is 0 Å². The number of carbonyl (C=O) groups is 2. The zero-order valence-electron chi connectivity index (χ0n) is 17.0. The molecule has 0 aliphatic carbocycles. The van der Waals surface area contributed by atoms with Crippen LogP contribution in [0, 0.1) is 5.92 Å². The van der Waals surface area contributed by atoms with Crippen molar-refractivity contribution in [1.82, 2.24) is 9.97 Å². The highest BCUT2D eigenvalue weighted by molar-refractivity contribution is 9.10. The van der Waals surface area contributed by atoms with E-state index in [1.807, 2.05) is 60.7 Å². The molecule has 8 heteroatoms. The molecule has 1 atom stereocenters. The summed E-state index contributed by atoms with van der Waals surface area (Å²) in [6, 6.07) is 19.1. The van der Waals surface area contributed by atoms with Gasteiger partial charge in [-0.3, -0.25) is 19.5 Å². The largest absolute Gasteiger partial charge is 0.312 e. The third-order valence-corrected chi connectivity index (χ3v) is 6.98. The number of aromatic nitrogens is 2. The summed E-state index contributed by atoms with van der Waals surface area (Å²) in [6.07, 6.45) is 3.65. The average molecular weight is 507 g/mol. The summed E-state index contributed by atoms with van der Waals surface area (Å²) >= 11 is 4.97. The van der Waals surface area contributed by atoms with Crippen LogP contribution in [0.15, 0.2) is 77.5 Å². The zero-order chi connectivity index (χ0) is 22.1. The van der Waals surface area contributed by atoms with Gasteiger partial charge in [0, 0.05) is 35.5 Å². The summed E-state index contributed by atoms with van der Waals surface area (Å²) in [4.78, 5) is 38.7. The van der Waals surface area contributed by atoms with E-state index in [1.165, 1.54) is 11.3 Å². The first-order valence-electron chi connectivity index (χ1n) is 10.2. The number of nitrogens with zero attached hydrogens (tertiary/aromatic N) is 4. The van der Waals surface area contributed by atoms with Crippen molar-refractivity contribution >= 4 is 60.1 Å². The molecule has 0 saturated carbocycles. The number of thiazole rings is 1. The van der Waals surface area contributed by atoms with Gasteiger partial charge in [-0.25, -0.2) is 4.98 Å². The molecule has 6 nitrogen and oxygen atoms in total. The molecule has 1 unspecified atom stereocenters. The van der Waals surface area contributed by atoms with Gasteiger partial charge in [-0.15, -0.1) is 0 Å². The van der Waals surface area contributed by atoms with Gasteiger partial charge in [0.05, 0.1) is 22.7 Å². The van der Waals surface area contributed by atoms with Gasteiger partial charge in [0.25, 0.3) is 0 Å². The number of amides is 2. The predicted molar refractivity (Wildman–Crippen MR) is 130 cm³/mol. The molecule has 2 amide bonds. The molecule has 1 aliphatic rings. The first-order valence-corrected chi connectivity index (χ1v) is 11.8. The average Bonchev–Trinajstić information content (AvgIpc) is 3.41. The molecule has 2 aromatic heterocycles. The van der Waals surface area contributed by atoms with E-state index in [9.17, 15) is 9.59 Å². The zero-order valence-corrected chi connectivity index (χ0v) is 19.4. The van der Waals surface area contributed by atoms with Gasteiger partial charge >= 0.3 is 0 Å². The van der Waals surface area contributed by atoms with Crippen LogP contribution in [0.3, 0.4) is 0 Å². The molecule has 0 N–H and O–H groups in total. The Morgan fingerprint density at radius 1 is 1.16 bits per heavy atom. The standard InChI is InChI=1S/C24H19BrN4O2S/c25-18-8-9-20-21(12-18)32-24(27-20)29(14-16-5-4-10-26-13-16)23(31)17-11-22(30)28(15-17)19-6-2-1-3-7-19/h1-10,12-13,17H,11,14-15H2. The van der Waals surface area contributed by atoms with E-state index in [-0.39, 0.29) is 18.2 Å². The fraction of sp³-hybridized carbons (Fsp3) is 0.167. The van der Waals surface area contributed by atoms with Crippen molar-refractivity contribution in [2.45, 2.75) is 13.0 Å². The van der Waals surface area contributed by atoms with Crippen molar-refractivity contribution in [2.75, 3.05) is 16.3 Å². The number of anilines is 2. The lowest BCUT2D eigenvalue weighted by Gasteiger charge is -2.23. The van der Waals surface area contributed by atoms with Crippen molar-refractivity contribution in [3.05, 3.63) is 83.1 Å². The molecule has 160 valence electrons. The van der Waals surface area contributed by atoms with Crippen molar-refractivity contribution in [3.8, 4) is 0 Å². The number of pyridine rings is 1. The Morgan fingerprint density at radius 3 is 2.78 bits per heavy atom. The first kappa shape index (κ1) is 20.8. The highest BCUT2D eigenvalue weighted by Gasteiger charge is 2.38. The number of carbonyl (C=O) groups excluding carboxylic acids is 2. The minimum Gasteiger partial charge on any atom is -0.312 e. The Hall–Kier alpha value is -3.10. The molecule has 1 fully saturated rings. The summed E-state index contributed by atoms with van der Waals surface area (Å²) in [5.74, 6) is -0.569. The Morgan fingerprint density at radius 2 is 2.00 bits per heavy atom. The molecule has 4 aromatic rings. The molecule has 0 radical (unpaired) electrons. The van der Waals surface area contributed by atoms with Gasteiger partial charge in [0.15, 0.2) is 5.13 Å².